The number of ether oxygens (including phenoxy) is 2. The van der Waals surface area contributed by atoms with E-state index in [1.54, 1.807) is 11.0 Å². The van der Waals surface area contributed by atoms with E-state index >= 15 is 0 Å². The summed E-state index contributed by atoms with van der Waals surface area (Å²) in [5.41, 5.74) is -0.768. The Morgan fingerprint density at radius 3 is 2.59 bits per heavy atom. The lowest BCUT2D eigenvalue weighted by atomic mass is 9.97. The standard InChI is InChI=1S/C23H31FN4O4/c1-23(2,3)32-22(30)28-8-6-14(7-9-28)12-25-21-26-18-11-16(31-13-15-4-5-15)10-17(24)19(18)20(29)27-21/h10-11,14-15H,4-9,12-13H2,1-3H3,(H2,25,26,27,29). The van der Waals surface area contributed by atoms with Crippen LogP contribution in [-0.4, -0.2) is 52.8 Å². The number of rotatable bonds is 6. The predicted octanol–water partition coefficient (Wildman–Crippen LogP) is 3.91. The molecular weight excluding hydrogens is 415 g/mol. The third-order valence-electron chi connectivity index (χ3n) is 5.74. The maximum Gasteiger partial charge on any atom is 0.410 e. The molecule has 8 nitrogen and oxygen atoms in total. The van der Waals surface area contributed by atoms with Crippen LogP contribution in [0.1, 0.15) is 46.5 Å². The number of anilines is 1. The molecule has 4 rings (SSSR count). The van der Waals surface area contributed by atoms with Crippen LogP contribution in [0.5, 0.6) is 5.75 Å². The smallest absolute Gasteiger partial charge is 0.410 e. The Morgan fingerprint density at radius 1 is 1.22 bits per heavy atom. The topological polar surface area (TPSA) is 96.5 Å². The maximum atomic E-state index is 14.5. The Hall–Kier alpha value is -2.84. The van der Waals surface area contributed by atoms with E-state index in [-0.39, 0.29) is 17.0 Å². The first-order chi connectivity index (χ1) is 15.2. The van der Waals surface area contributed by atoms with Gasteiger partial charge in [0.25, 0.3) is 5.56 Å². The molecule has 0 spiro atoms. The summed E-state index contributed by atoms with van der Waals surface area (Å²) in [4.78, 5) is 33.4. The molecule has 1 amide bonds. The van der Waals surface area contributed by atoms with E-state index in [1.165, 1.54) is 6.07 Å². The van der Waals surface area contributed by atoms with Gasteiger partial charge in [-0.3, -0.25) is 9.78 Å². The summed E-state index contributed by atoms with van der Waals surface area (Å²) < 4.78 is 25.5. The number of carbonyl (C=O) groups is 1. The molecule has 1 saturated carbocycles. The van der Waals surface area contributed by atoms with Crippen LogP contribution in [0.25, 0.3) is 10.9 Å². The molecule has 1 aromatic carbocycles. The highest BCUT2D eigenvalue weighted by Crippen LogP contribution is 2.30. The number of carbonyl (C=O) groups excluding carboxylic acids is 1. The van der Waals surface area contributed by atoms with Gasteiger partial charge >= 0.3 is 6.09 Å². The average molecular weight is 447 g/mol. The second-order valence-corrected chi connectivity index (χ2v) is 9.76. The summed E-state index contributed by atoms with van der Waals surface area (Å²) in [5.74, 6) is 0.916. The zero-order valence-electron chi connectivity index (χ0n) is 18.9. The number of aromatic amines is 1. The summed E-state index contributed by atoms with van der Waals surface area (Å²) in [5, 5.41) is 3.09. The van der Waals surface area contributed by atoms with Gasteiger partial charge in [0.1, 0.15) is 22.6 Å². The van der Waals surface area contributed by atoms with E-state index in [9.17, 15) is 14.0 Å². The first kappa shape index (κ1) is 22.4. The van der Waals surface area contributed by atoms with E-state index in [0.717, 1.165) is 25.7 Å². The summed E-state index contributed by atoms with van der Waals surface area (Å²) in [6.07, 6.45) is 3.62. The fourth-order valence-corrected chi connectivity index (χ4v) is 3.75. The van der Waals surface area contributed by atoms with Gasteiger partial charge in [0, 0.05) is 31.8 Å². The van der Waals surface area contributed by atoms with Gasteiger partial charge in [0.05, 0.1) is 12.1 Å². The molecule has 1 aliphatic heterocycles. The number of H-pyrrole nitrogens is 1. The fourth-order valence-electron chi connectivity index (χ4n) is 3.75. The maximum absolute atomic E-state index is 14.5. The summed E-state index contributed by atoms with van der Waals surface area (Å²) in [6.45, 7) is 7.96. The first-order valence-electron chi connectivity index (χ1n) is 11.3. The van der Waals surface area contributed by atoms with Gasteiger partial charge in [-0.05, 0) is 58.3 Å². The number of halogens is 1. The van der Waals surface area contributed by atoms with Gasteiger partial charge in [-0.1, -0.05) is 0 Å². The molecular formula is C23H31FN4O4. The minimum Gasteiger partial charge on any atom is -0.493 e. The molecule has 0 bridgehead atoms. The van der Waals surface area contributed by atoms with Gasteiger partial charge in [-0.25, -0.2) is 14.2 Å². The summed E-state index contributed by atoms with van der Waals surface area (Å²) in [6, 6.07) is 2.85. The van der Waals surface area contributed by atoms with Crippen LogP contribution in [0.15, 0.2) is 16.9 Å². The molecule has 2 aromatic rings. The van der Waals surface area contributed by atoms with Crippen LogP contribution in [0.4, 0.5) is 15.1 Å². The van der Waals surface area contributed by atoms with Crippen molar-refractivity contribution in [2.24, 2.45) is 11.8 Å². The van der Waals surface area contributed by atoms with E-state index < -0.39 is 17.0 Å². The molecule has 0 radical (unpaired) electrons. The van der Waals surface area contributed by atoms with Crippen LogP contribution < -0.4 is 15.6 Å². The number of amides is 1. The van der Waals surface area contributed by atoms with Crippen molar-refractivity contribution in [2.45, 2.75) is 52.1 Å². The summed E-state index contributed by atoms with van der Waals surface area (Å²) in [7, 11) is 0. The van der Waals surface area contributed by atoms with Gasteiger partial charge in [-0.15, -0.1) is 0 Å². The molecule has 1 saturated heterocycles. The number of aromatic nitrogens is 2. The number of nitrogens with one attached hydrogen (secondary N) is 2. The average Bonchev–Trinajstić information content (AvgIpc) is 3.54. The number of hydrogen-bond acceptors (Lipinski definition) is 6. The minimum atomic E-state index is -0.636. The fraction of sp³-hybridized carbons (Fsp3) is 0.609. The monoisotopic (exact) mass is 446 g/mol. The lowest BCUT2D eigenvalue weighted by molar-refractivity contribution is 0.0188. The molecule has 0 atom stereocenters. The molecule has 1 aromatic heterocycles. The lowest BCUT2D eigenvalue weighted by Gasteiger charge is -2.33. The molecule has 9 heteroatoms. The van der Waals surface area contributed by atoms with Crippen LogP contribution in [-0.2, 0) is 4.74 Å². The van der Waals surface area contributed by atoms with Crippen molar-refractivity contribution in [3.05, 3.63) is 28.3 Å². The van der Waals surface area contributed by atoms with Crippen LogP contribution in [0, 0.1) is 17.7 Å². The Morgan fingerprint density at radius 2 is 1.94 bits per heavy atom. The van der Waals surface area contributed by atoms with E-state index in [2.05, 4.69) is 15.3 Å². The van der Waals surface area contributed by atoms with Crippen molar-refractivity contribution >= 4 is 22.9 Å². The molecule has 0 unspecified atom stereocenters. The van der Waals surface area contributed by atoms with Gasteiger partial charge in [-0.2, -0.15) is 0 Å². The number of likely N-dealkylation sites (tertiary alicyclic amines) is 1. The van der Waals surface area contributed by atoms with Crippen LogP contribution >= 0.6 is 0 Å². The second kappa shape index (κ2) is 8.96. The minimum absolute atomic E-state index is 0.0695. The first-order valence-corrected chi connectivity index (χ1v) is 11.3. The third-order valence-corrected chi connectivity index (χ3v) is 5.74. The number of piperidine rings is 1. The molecule has 2 heterocycles. The summed E-state index contributed by atoms with van der Waals surface area (Å²) >= 11 is 0. The van der Waals surface area contributed by atoms with Crippen molar-refractivity contribution in [2.75, 3.05) is 31.6 Å². The zero-order valence-corrected chi connectivity index (χ0v) is 18.9. The van der Waals surface area contributed by atoms with Gasteiger partial charge < -0.3 is 19.7 Å². The number of hydrogen-bond donors (Lipinski definition) is 2. The van der Waals surface area contributed by atoms with Crippen LogP contribution in [0.3, 0.4) is 0 Å². The molecule has 174 valence electrons. The zero-order chi connectivity index (χ0) is 22.9. The number of benzene rings is 1. The largest absolute Gasteiger partial charge is 0.493 e. The Kier molecular flexibility index (Phi) is 6.26. The predicted molar refractivity (Wildman–Crippen MR) is 120 cm³/mol. The molecule has 1 aliphatic carbocycles. The Labute approximate surface area is 186 Å². The third kappa shape index (κ3) is 5.69. The normalized spacial score (nSPS) is 17.4. The second-order valence-electron chi connectivity index (χ2n) is 9.76. The van der Waals surface area contributed by atoms with E-state index in [1.807, 2.05) is 20.8 Å². The van der Waals surface area contributed by atoms with Crippen molar-refractivity contribution in [3.8, 4) is 5.75 Å². The highest BCUT2D eigenvalue weighted by molar-refractivity contribution is 5.80. The van der Waals surface area contributed by atoms with Crippen LogP contribution in [0.2, 0.25) is 0 Å². The lowest BCUT2D eigenvalue weighted by Crippen LogP contribution is -2.42. The van der Waals surface area contributed by atoms with Gasteiger partial charge in [0.15, 0.2) is 0 Å². The molecule has 2 N–H and O–H groups in total. The number of fused-ring (bicyclic) bond motifs is 1. The molecule has 32 heavy (non-hydrogen) atoms. The van der Waals surface area contributed by atoms with Crippen molar-refractivity contribution < 1.29 is 18.7 Å². The quantitative estimate of drug-likeness (QED) is 0.698. The Balaban J connectivity index is 1.36. The Bertz CT molecular complexity index is 1040. The number of nitrogens with zero attached hydrogens (tertiary/aromatic N) is 2. The van der Waals surface area contributed by atoms with Crippen molar-refractivity contribution in [3.63, 3.8) is 0 Å². The molecule has 2 fully saturated rings. The van der Waals surface area contributed by atoms with Gasteiger partial charge in [0.2, 0.25) is 5.95 Å². The highest BCUT2D eigenvalue weighted by atomic mass is 19.1. The molecule has 2 aliphatic rings. The van der Waals surface area contributed by atoms with Crippen molar-refractivity contribution in [1.82, 2.24) is 14.9 Å². The SMILES string of the molecule is CC(C)(C)OC(=O)N1CCC(CNc2nc3cc(OCC4CC4)cc(F)c3c(=O)[nH]2)CC1. The van der Waals surface area contributed by atoms with E-state index in [4.69, 9.17) is 9.47 Å². The highest BCUT2D eigenvalue weighted by Gasteiger charge is 2.27. The van der Waals surface area contributed by atoms with Crippen molar-refractivity contribution in [1.29, 1.82) is 0 Å². The van der Waals surface area contributed by atoms with E-state index in [0.29, 0.717) is 49.8 Å².